The average molecular weight is 405 g/mol. The smallest absolute Gasteiger partial charge is 0.338 e. The zero-order valence-electron chi connectivity index (χ0n) is 17.4. The van der Waals surface area contributed by atoms with Gasteiger partial charge >= 0.3 is 5.97 Å². The van der Waals surface area contributed by atoms with Crippen LogP contribution in [0.25, 0.3) is 0 Å². The molecular weight excluding hydrogens is 376 g/mol. The quantitative estimate of drug-likeness (QED) is 0.423. The van der Waals surface area contributed by atoms with E-state index in [9.17, 15) is 14.4 Å². The number of esters is 1. The van der Waals surface area contributed by atoms with Gasteiger partial charge in [-0.3, -0.25) is 9.59 Å². The number of rotatable bonds is 3. The molecular formula is C26H28O4. The number of fused-ring (bicyclic) bond motifs is 9. The second kappa shape index (κ2) is 6.38. The molecule has 7 atom stereocenters. The molecule has 4 heteroatoms. The lowest BCUT2D eigenvalue weighted by molar-refractivity contribution is -0.125. The number of allylic oxidation sites excluding steroid dienone is 2. The van der Waals surface area contributed by atoms with E-state index in [2.05, 4.69) is 0 Å². The van der Waals surface area contributed by atoms with E-state index in [4.69, 9.17) is 4.74 Å². The highest BCUT2D eigenvalue weighted by molar-refractivity contribution is 5.99. The summed E-state index contributed by atoms with van der Waals surface area (Å²) < 4.78 is 5.93. The van der Waals surface area contributed by atoms with Gasteiger partial charge in [0.05, 0.1) is 5.56 Å². The maximum Gasteiger partial charge on any atom is 0.338 e. The molecule has 156 valence electrons. The molecule has 0 aliphatic heterocycles. The van der Waals surface area contributed by atoms with E-state index >= 15 is 0 Å². The van der Waals surface area contributed by atoms with Crippen molar-refractivity contribution in [1.82, 2.24) is 0 Å². The van der Waals surface area contributed by atoms with Gasteiger partial charge in [-0.25, -0.2) is 4.79 Å². The average Bonchev–Trinajstić information content (AvgIpc) is 3.44. The summed E-state index contributed by atoms with van der Waals surface area (Å²) in [4.78, 5) is 38.6. The molecule has 4 bridgehead atoms. The van der Waals surface area contributed by atoms with Crippen LogP contribution in [0.4, 0.5) is 0 Å². The summed E-state index contributed by atoms with van der Waals surface area (Å²) in [6.45, 7) is 2.04. The second-order valence-corrected chi connectivity index (χ2v) is 10.4. The number of benzene rings is 1. The first kappa shape index (κ1) is 18.5. The van der Waals surface area contributed by atoms with E-state index in [0.29, 0.717) is 17.1 Å². The highest BCUT2D eigenvalue weighted by atomic mass is 16.6. The number of Topliss-reactive ketones (excluding diaryl/α,β-unsaturated/α-hetero) is 2. The van der Waals surface area contributed by atoms with Gasteiger partial charge in [0.25, 0.3) is 0 Å². The van der Waals surface area contributed by atoms with Gasteiger partial charge in [0.2, 0.25) is 0 Å². The van der Waals surface area contributed by atoms with Crippen LogP contribution in [0.5, 0.6) is 0 Å². The van der Waals surface area contributed by atoms with Crippen LogP contribution in [0.3, 0.4) is 0 Å². The van der Waals surface area contributed by atoms with Gasteiger partial charge in [0, 0.05) is 23.7 Å². The molecule has 0 aromatic heterocycles. The Morgan fingerprint density at radius 1 is 0.967 bits per heavy atom. The largest absolute Gasteiger partial charge is 0.456 e. The van der Waals surface area contributed by atoms with Crippen LogP contribution in [0.15, 0.2) is 36.4 Å². The lowest BCUT2D eigenvalue weighted by Crippen LogP contribution is -2.34. The Hall–Kier alpha value is -2.23. The molecule has 4 saturated carbocycles. The predicted molar refractivity (Wildman–Crippen MR) is 111 cm³/mol. The van der Waals surface area contributed by atoms with Crippen LogP contribution in [0.2, 0.25) is 0 Å². The summed E-state index contributed by atoms with van der Waals surface area (Å²) in [7, 11) is 0. The van der Waals surface area contributed by atoms with Gasteiger partial charge in [-0.1, -0.05) is 30.7 Å². The zero-order valence-corrected chi connectivity index (χ0v) is 17.4. The summed E-state index contributed by atoms with van der Waals surface area (Å²) in [5.74, 6) is 0.750. The van der Waals surface area contributed by atoms with E-state index in [1.807, 2.05) is 43.3 Å². The molecule has 30 heavy (non-hydrogen) atoms. The summed E-state index contributed by atoms with van der Waals surface area (Å²) in [6, 6.07) is 7.71. The van der Waals surface area contributed by atoms with Crippen molar-refractivity contribution < 1.29 is 19.1 Å². The molecule has 4 fully saturated rings. The van der Waals surface area contributed by atoms with Crippen molar-refractivity contribution in [2.45, 2.75) is 57.0 Å². The molecule has 0 N–H and O–H groups in total. The fourth-order valence-corrected chi connectivity index (χ4v) is 7.46. The lowest BCUT2D eigenvalue weighted by atomic mass is 9.68. The summed E-state index contributed by atoms with van der Waals surface area (Å²) in [5.41, 5.74) is 1.27. The third kappa shape index (κ3) is 2.48. The lowest BCUT2D eigenvalue weighted by Gasteiger charge is -2.35. The Morgan fingerprint density at radius 3 is 2.47 bits per heavy atom. The van der Waals surface area contributed by atoms with Crippen molar-refractivity contribution in [3.05, 3.63) is 47.5 Å². The number of hydrogen-bond donors (Lipinski definition) is 0. The van der Waals surface area contributed by atoms with Crippen LogP contribution in [0, 0.1) is 35.5 Å². The molecule has 0 spiro atoms. The maximum absolute atomic E-state index is 13.1. The van der Waals surface area contributed by atoms with Crippen molar-refractivity contribution in [2.75, 3.05) is 0 Å². The number of ether oxygens (including phenoxy) is 1. The molecule has 0 saturated heterocycles. The van der Waals surface area contributed by atoms with Crippen molar-refractivity contribution in [1.29, 1.82) is 0 Å². The van der Waals surface area contributed by atoms with Crippen LogP contribution in [-0.4, -0.2) is 23.1 Å². The Morgan fingerprint density at radius 2 is 1.70 bits per heavy atom. The molecule has 0 radical (unpaired) electrons. The highest BCUT2D eigenvalue weighted by Crippen LogP contribution is 2.66. The van der Waals surface area contributed by atoms with E-state index in [-0.39, 0.29) is 53.0 Å². The molecule has 4 nitrogen and oxygen atoms in total. The highest BCUT2D eigenvalue weighted by Gasteiger charge is 2.68. The van der Waals surface area contributed by atoms with Crippen molar-refractivity contribution in [2.24, 2.45) is 35.5 Å². The first-order valence-corrected chi connectivity index (χ1v) is 11.6. The third-order valence-corrected chi connectivity index (χ3v) is 8.77. The summed E-state index contributed by atoms with van der Waals surface area (Å²) in [5, 5.41) is 0. The van der Waals surface area contributed by atoms with E-state index in [0.717, 1.165) is 37.7 Å². The molecule has 1 aromatic carbocycles. The van der Waals surface area contributed by atoms with Gasteiger partial charge < -0.3 is 4.74 Å². The van der Waals surface area contributed by atoms with E-state index in [1.165, 1.54) is 6.42 Å². The standard InChI is InChI=1S/C26H28O4/c1-26(10-3-2-4-11-26)30-25(29)15-7-5-6-14(12-15)18-13-19-20-16-8-9-17(23(16)27)21(20)22(18)24(19)28/h5-9,12,16-22H,2-4,10-11,13H2,1H3. The van der Waals surface area contributed by atoms with Gasteiger partial charge in [-0.05, 0) is 74.5 Å². The fourth-order valence-electron chi connectivity index (χ4n) is 7.46. The monoisotopic (exact) mass is 404 g/mol. The molecule has 1 aromatic rings. The van der Waals surface area contributed by atoms with Crippen molar-refractivity contribution in [3.63, 3.8) is 0 Å². The van der Waals surface area contributed by atoms with Crippen molar-refractivity contribution in [3.8, 4) is 0 Å². The molecule has 6 rings (SSSR count). The van der Waals surface area contributed by atoms with Crippen LogP contribution >= 0.6 is 0 Å². The molecule has 5 aliphatic carbocycles. The Kier molecular flexibility index (Phi) is 3.94. The van der Waals surface area contributed by atoms with Crippen LogP contribution in [-0.2, 0) is 14.3 Å². The zero-order chi connectivity index (χ0) is 20.6. The number of carbonyl (C=O) groups is 3. The van der Waals surface area contributed by atoms with Gasteiger partial charge in [0.15, 0.2) is 0 Å². The third-order valence-electron chi connectivity index (χ3n) is 8.77. The first-order valence-electron chi connectivity index (χ1n) is 11.6. The molecule has 0 heterocycles. The van der Waals surface area contributed by atoms with E-state index in [1.54, 1.807) is 0 Å². The second-order valence-electron chi connectivity index (χ2n) is 10.4. The van der Waals surface area contributed by atoms with Crippen molar-refractivity contribution >= 4 is 17.5 Å². The first-order chi connectivity index (χ1) is 14.5. The van der Waals surface area contributed by atoms with Crippen LogP contribution in [0.1, 0.15) is 67.3 Å². The number of ketones is 2. The van der Waals surface area contributed by atoms with Gasteiger partial charge in [-0.15, -0.1) is 0 Å². The summed E-state index contributed by atoms with van der Waals surface area (Å²) >= 11 is 0. The minimum Gasteiger partial charge on any atom is -0.456 e. The Bertz CT molecular complexity index is 969. The van der Waals surface area contributed by atoms with Gasteiger partial charge in [0.1, 0.15) is 17.2 Å². The van der Waals surface area contributed by atoms with Gasteiger partial charge in [-0.2, -0.15) is 0 Å². The Labute approximate surface area is 177 Å². The number of hydrogen-bond acceptors (Lipinski definition) is 4. The van der Waals surface area contributed by atoms with E-state index < -0.39 is 0 Å². The normalized spacial score (nSPS) is 40.1. The Balaban J connectivity index is 1.25. The molecule has 0 amide bonds. The minimum atomic E-state index is -0.364. The topological polar surface area (TPSA) is 60.4 Å². The fraction of sp³-hybridized carbons (Fsp3) is 0.577. The molecule has 7 unspecified atom stereocenters. The maximum atomic E-state index is 13.1. The summed E-state index contributed by atoms with van der Waals surface area (Å²) in [6.07, 6.45) is 10.2. The predicted octanol–water partition coefficient (Wildman–Crippen LogP) is 4.49. The van der Waals surface area contributed by atoms with Crippen LogP contribution < -0.4 is 0 Å². The SMILES string of the molecule is CC1(OC(=O)c2cccc(C3CC4C(=O)C3C3C5C=CC(C5=O)C43)c2)CCCCC1. The minimum absolute atomic E-state index is 0.00524. The number of carbonyl (C=O) groups excluding carboxylic acids is 3. The molecule has 5 aliphatic rings.